The van der Waals surface area contributed by atoms with Gasteiger partial charge in [0.15, 0.2) is 0 Å². The molecule has 0 saturated carbocycles. The van der Waals surface area contributed by atoms with Gasteiger partial charge in [0.05, 0.1) is 4.86 Å². The summed E-state index contributed by atoms with van der Waals surface area (Å²) >= 11 is 5.08. The molecule has 1 aliphatic rings. The predicted octanol–water partition coefficient (Wildman–Crippen LogP) is 3.60. The van der Waals surface area contributed by atoms with Gasteiger partial charge in [0.1, 0.15) is 0 Å². The van der Waals surface area contributed by atoms with Gasteiger partial charge in [-0.3, -0.25) is 9.98 Å². The third kappa shape index (κ3) is 3.66. The van der Waals surface area contributed by atoms with E-state index in [1.807, 2.05) is 18.2 Å². The smallest absolute Gasteiger partial charge is 0.0610 e. The van der Waals surface area contributed by atoms with E-state index in [-0.39, 0.29) is 0 Å². The Bertz CT molecular complexity index is 361. The highest BCUT2D eigenvalue weighted by Crippen LogP contribution is 2.19. The molecule has 2 nitrogen and oxygen atoms in total. The number of hydrogen-bond donors (Lipinski definition) is 0. The topological polar surface area (TPSA) is 25.2 Å². The van der Waals surface area contributed by atoms with Crippen molar-refractivity contribution in [1.29, 1.82) is 0 Å². The maximum absolute atomic E-state index is 5.08. The number of pyridine rings is 1. The fourth-order valence-electron chi connectivity index (χ4n) is 1.43. The molecule has 1 aromatic heterocycles. The molecule has 0 fully saturated rings. The normalized spacial score (nSPS) is 13.8. The van der Waals surface area contributed by atoms with Crippen LogP contribution in [-0.4, -0.2) is 16.1 Å². The van der Waals surface area contributed by atoms with E-state index in [1.165, 1.54) is 11.3 Å². The van der Waals surface area contributed by atoms with E-state index >= 15 is 0 Å². The summed E-state index contributed by atoms with van der Waals surface area (Å²) in [5.74, 6) is 0. The third-order valence-corrected chi connectivity index (χ3v) is 2.59. The second-order valence-electron chi connectivity index (χ2n) is 3.28. The van der Waals surface area contributed by atoms with E-state index in [9.17, 15) is 0 Å². The number of nitrogens with zero attached hydrogens (tertiary/aromatic N) is 2. The van der Waals surface area contributed by atoms with Crippen molar-refractivity contribution in [3.05, 3.63) is 41.9 Å². The predicted molar refractivity (Wildman–Crippen MR) is 72.9 cm³/mol. The molecule has 84 valence electrons. The van der Waals surface area contributed by atoms with Crippen molar-refractivity contribution in [3.8, 4) is 0 Å². The number of aromatic nitrogens is 1. The molecule has 0 bridgehead atoms. The zero-order valence-corrected chi connectivity index (χ0v) is 10.5. The van der Waals surface area contributed by atoms with Crippen molar-refractivity contribution >= 4 is 23.3 Å². The second-order valence-corrected chi connectivity index (χ2v) is 3.72. The summed E-state index contributed by atoms with van der Waals surface area (Å²) in [6.45, 7) is 4.22. The Hall–Kier alpha value is -1.35. The number of hydrogen-bond acceptors (Lipinski definition) is 3. The molecular weight excluding hydrogens is 216 g/mol. The van der Waals surface area contributed by atoms with Gasteiger partial charge in [-0.15, -0.1) is 0 Å². The van der Waals surface area contributed by atoms with Crippen molar-refractivity contribution in [2.75, 3.05) is 0 Å². The Morgan fingerprint density at radius 3 is 2.06 bits per heavy atom. The lowest BCUT2D eigenvalue weighted by Crippen LogP contribution is -1.94. The van der Waals surface area contributed by atoms with Crippen LogP contribution in [0.3, 0.4) is 0 Å². The molecule has 0 radical (unpaired) electrons. The molecule has 0 spiro atoms. The maximum atomic E-state index is 5.08. The first-order valence-electron chi connectivity index (χ1n) is 5.45. The lowest BCUT2D eigenvalue weighted by Gasteiger charge is -1.97. The summed E-state index contributed by atoms with van der Waals surface area (Å²) in [6.07, 6.45) is 7.30. The Labute approximate surface area is 102 Å². The first-order valence-corrected chi connectivity index (χ1v) is 5.85. The van der Waals surface area contributed by atoms with Gasteiger partial charge in [0, 0.05) is 24.3 Å². The zero-order chi connectivity index (χ0) is 11.8. The van der Waals surface area contributed by atoms with E-state index in [2.05, 4.69) is 23.8 Å². The minimum atomic E-state index is 0.930. The number of thiocarbonyl (C=S) groups is 1. The lowest BCUT2D eigenvalue weighted by atomic mass is 10.1. The molecular formula is C13H16N2S. The molecule has 16 heavy (non-hydrogen) atoms. The van der Waals surface area contributed by atoms with Gasteiger partial charge in [0.25, 0.3) is 0 Å². The summed E-state index contributed by atoms with van der Waals surface area (Å²) in [5.41, 5.74) is 2.44. The minimum absolute atomic E-state index is 0.930. The van der Waals surface area contributed by atoms with Gasteiger partial charge in [-0.2, -0.15) is 0 Å². The molecule has 0 N–H and O–H groups in total. The fraction of sp³-hybridized carbons (Fsp3) is 0.308. The third-order valence-electron chi connectivity index (χ3n) is 2.24. The molecule has 0 atom stereocenters. The average molecular weight is 232 g/mol. The molecule has 1 aliphatic heterocycles. The monoisotopic (exact) mass is 232 g/mol. The van der Waals surface area contributed by atoms with Crippen molar-refractivity contribution < 1.29 is 0 Å². The highest BCUT2D eigenvalue weighted by atomic mass is 32.1. The molecule has 0 saturated heterocycles. The quantitative estimate of drug-likeness (QED) is 0.728. The van der Waals surface area contributed by atoms with Crippen LogP contribution in [0.2, 0.25) is 0 Å². The van der Waals surface area contributed by atoms with Crippen molar-refractivity contribution in [1.82, 2.24) is 4.98 Å². The number of allylic oxidation sites excluding steroid dienone is 2. The van der Waals surface area contributed by atoms with Gasteiger partial charge in [-0.1, -0.05) is 32.1 Å². The van der Waals surface area contributed by atoms with Crippen LogP contribution < -0.4 is 0 Å². The van der Waals surface area contributed by atoms with E-state index < -0.39 is 0 Å². The van der Waals surface area contributed by atoms with Gasteiger partial charge in [0.2, 0.25) is 0 Å². The van der Waals surface area contributed by atoms with Crippen LogP contribution in [0.15, 0.2) is 46.9 Å². The summed E-state index contributed by atoms with van der Waals surface area (Å²) in [5, 5.41) is 0. The molecule has 3 heteroatoms. The Balaban J connectivity index is 0.000000181. The van der Waals surface area contributed by atoms with Gasteiger partial charge < -0.3 is 0 Å². The van der Waals surface area contributed by atoms with E-state index in [4.69, 9.17) is 12.2 Å². The summed E-state index contributed by atoms with van der Waals surface area (Å²) in [6, 6.07) is 5.72. The van der Waals surface area contributed by atoms with E-state index in [1.54, 1.807) is 18.6 Å². The molecule has 2 rings (SSSR count). The molecule has 0 aromatic carbocycles. The van der Waals surface area contributed by atoms with Crippen LogP contribution >= 0.6 is 12.2 Å². The van der Waals surface area contributed by atoms with Crippen LogP contribution in [0.5, 0.6) is 0 Å². The highest BCUT2D eigenvalue weighted by molar-refractivity contribution is 7.82. The number of rotatable bonds is 2. The second kappa shape index (κ2) is 7.01. The summed E-state index contributed by atoms with van der Waals surface area (Å²) in [7, 11) is 0. The number of aliphatic imine (C=N–C) groups is 1. The standard InChI is InChI=1S/C8H11NS.C5H5N/c1-3-6-7(4-2)9-5-8(6)10;1-2-4-6-5-3-1/h5H,3-4H2,1-2H3;1-5H. The molecule has 2 heterocycles. The van der Waals surface area contributed by atoms with E-state index in [0.29, 0.717) is 0 Å². The van der Waals surface area contributed by atoms with Crippen LogP contribution in [-0.2, 0) is 0 Å². The summed E-state index contributed by atoms with van der Waals surface area (Å²) < 4.78 is 0. The lowest BCUT2D eigenvalue weighted by molar-refractivity contribution is 1.02. The Morgan fingerprint density at radius 1 is 1.06 bits per heavy atom. The molecule has 0 aliphatic carbocycles. The Kier molecular flexibility index (Phi) is 5.57. The molecule has 1 aromatic rings. The van der Waals surface area contributed by atoms with E-state index in [0.717, 1.165) is 17.7 Å². The highest BCUT2D eigenvalue weighted by Gasteiger charge is 2.11. The Morgan fingerprint density at radius 2 is 1.75 bits per heavy atom. The minimum Gasteiger partial charge on any atom is -0.265 e. The zero-order valence-electron chi connectivity index (χ0n) is 9.68. The molecule has 0 unspecified atom stereocenters. The first-order chi connectivity index (χ1) is 7.79. The SMILES string of the molecule is CCC1=C(CC)C(=S)C=N1.c1ccncc1. The van der Waals surface area contributed by atoms with Crippen molar-refractivity contribution in [2.24, 2.45) is 4.99 Å². The fourth-order valence-corrected chi connectivity index (χ4v) is 1.75. The van der Waals surface area contributed by atoms with Crippen LogP contribution in [0, 0.1) is 0 Å². The maximum Gasteiger partial charge on any atom is 0.0610 e. The molecule has 0 amide bonds. The average Bonchev–Trinajstić information content (AvgIpc) is 2.72. The summed E-state index contributed by atoms with van der Waals surface area (Å²) in [4.78, 5) is 8.92. The van der Waals surface area contributed by atoms with Crippen LogP contribution in [0.25, 0.3) is 0 Å². The van der Waals surface area contributed by atoms with Gasteiger partial charge in [-0.05, 0) is 30.5 Å². The van der Waals surface area contributed by atoms with Crippen molar-refractivity contribution in [2.45, 2.75) is 26.7 Å². The largest absolute Gasteiger partial charge is 0.265 e. The first kappa shape index (κ1) is 12.7. The van der Waals surface area contributed by atoms with Gasteiger partial charge >= 0.3 is 0 Å². The van der Waals surface area contributed by atoms with Crippen LogP contribution in [0.4, 0.5) is 0 Å². The van der Waals surface area contributed by atoms with Gasteiger partial charge in [-0.25, -0.2) is 0 Å². The van der Waals surface area contributed by atoms with Crippen LogP contribution in [0.1, 0.15) is 26.7 Å². The van der Waals surface area contributed by atoms with Crippen molar-refractivity contribution in [3.63, 3.8) is 0 Å².